The zero-order valence-corrected chi connectivity index (χ0v) is 10.4. The smallest absolute Gasteiger partial charge is 0.242 e. The van der Waals surface area contributed by atoms with Gasteiger partial charge in [0.2, 0.25) is 11.8 Å². The minimum Gasteiger partial charge on any atom is -0.352 e. The van der Waals surface area contributed by atoms with E-state index in [9.17, 15) is 9.59 Å². The molecule has 2 N–H and O–H groups in total. The number of nitrogens with one attached hydrogen (secondary N) is 2. The molecule has 1 aliphatic carbocycles. The van der Waals surface area contributed by atoms with Gasteiger partial charge in [-0.2, -0.15) is 0 Å². The molecule has 1 unspecified atom stereocenters. The van der Waals surface area contributed by atoms with Gasteiger partial charge in [-0.15, -0.1) is 11.3 Å². The van der Waals surface area contributed by atoms with Gasteiger partial charge in [0, 0.05) is 11.4 Å². The first-order valence-electron chi connectivity index (χ1n) is 5.62. The fourth-order valence-electron chi connectivity index (χ4n) is 1.40. The summed E-state index contributed by atoms with van der Waals surface area (Å²) < 4.78 is 0. The van der Waals surface area contributed by atoms with Gasteiger partial charge >= 0.3 is 0 Å². The first kappa shape index (κ1) is 12.0. The summed E-state index contributed by atoms with van der Waals surface area (Å²) in [5, 5.41) is 7.34. The predicted octanol–water partition coefficient (Wildman–Crippen LogP) is 0.469. The molecule has 1 aromatic rings. The van der Waals surface area contributed by atoms with E-state index in [-0.39, 0.29) is 18.2 Å². The van der Waals surface area contributed by atoms with Crippen molar-refractivity contribution in [3.63, 3.8) is 0 Å². The average Bonchev–Trinajstić information content (AvgIpc) is 2.93. The van der Waals surface area contributed by atoms with Crippen LogP contribution >= 0.6 is 11.3 Å². The van der Waals surface area contributed by atoms with Crippen LogP contribution in [0, 0.1) is 0 Å². The third kappa shape index (κ3) is 3.81. The highest BCUT2D eigenvalue weighted by Gasteiger charge is 2.26. The molecule has 0 radical (unpaired) electrons. The summed E-state index contributed by atoms with van der Waals surface area (Å²) in [6, 6.07) is -0.165. The van der Waals surface area contributed by atoms with Crippen molar-refractivity contribution >= 4 is 23.2 Å². The Hall–Kier alpha value is -1.43. The van der Waals surface area contributed by atoms with E-state index in [4.69, 9.17) is 0 Å². The number of amides is 2. The van der Waals surface area contributed by atoms with E-state index in [2.05, 4.69) is 15.6 Å². The van der Waals surface area contributed by atoms with Crippen LogP contribution < -0.4 is 10.6 Å². The zero-order valence-electron chi connectivity index (χ0n) is 9.60. The average molecular weight is 253 g/mol. The Kier molecular flexibility index (Phi) is 3.73. The Morgan fingerprint density at radius 1 is 1.59 bits per heavy atom. The van der Waals surface area contributed by atoms with Crippen molar-refractivity contribution in [3.8, 4) is 0 Å². The van der Waals surface area contributed by atoms with Crippen molar-refractivity contribution in [2.45, 2.75) is 38.3 Å². The monoisotopic (exact) mass is 253 g/mol. The van der Waals surface area contributed by atoms with Gasteiger partial charge in [-0.05, 0) is 19.8 Å². The van der Waals surface area contributed by atoms with E-state index in [1.807, 2.05) is 5.38 Å². The fraction of sp³-hybridized carbons (Fsp3) is 0.545. The number of hydrogen-bond donors (Lipinski definition) is 2. The van der Waals surface area contributed by atoms with Gasteiger partial charge in [0.05, 0.1) is 17.6 Å². The summed E-state index contributed by atoms with van der Waals surface area (Å²) in [6.07, 6.45) is 2.32. The van der Waals surface area contributed by atoms with Crippen molar-refractivity contribution in [2.24, 2.45) is 0 Å². The summed E-state index contributed by atoms with van der Waals surface area (Å²) in [5.41, 5.74) is 2.42. The van der Waals surface area contributed by atoms with Gasteiger partial charge in [0.25, 0.3) is 0 Å². The number of thiazole rings is 1. The number of carbonyl (C=O) groups excluding carboxylic acids is 2. The molecule has 1 heterocycles. The maximum atomic E-state index is 11.6. The summed E-state index contributed by atoms with van der Waals surface area (Å²) in [6.45, 7) is 1.69. The second-order valence-corrected chi connectivity index (χ2v) is 4.95. The van der Waals surface area contributed by atoms with E-state index >= 15 is 0 Å². The number of hydrogen-bond acceptors (Lipinski definition) is 4. The Morgan fingerprint density at radius 2 is 2.35 bits per heavy atom. The molecular formula is C11H15N3O2S. The minimum atomic E-state index is -0.485. The lowest BCUT2D eigenvalue weighted by atomic mass is 10.2. The molecule has 0 saturated heterocycles. The van der Waals surface area contributed by atoms with Crippen molar-refractivity contribution in [3.05, 3.63) is 16.6 Å². The van der Waals surface area contributed by atoms with E-state index in [0.29, 0.717) is 6.04 Å². The van der Waals surface area contributed by atoms with Crippen molar-refractivity contribution in [1.29, 1.82) is 0 Å². The molecule has 1 fully saturated rings. The SMILES string of the molecule is CC(NC(=O)Cc1cscn1)C(=O)NC1CC1. The van der Waals surface area contributed by atoms with Crippen LogP contribution in [-0.2, 0) is 16.0 Å². The number of carbonyl (C=O) groups is 2. The standard InChI is InChI=1S/C11H15N3O2S/c1-7(11(16)14-8-2-3-8)13-10(15)4-9-5-17-6-12-9/h5-8H,2-4H2,1H3,(H,13,15)(H,14,16). The number of rotatable bonds is 5. The molecule has 0 bridgehead atoms. The van der Waals surface area contributed by atoms with Crippen LogP contribution in [0.5, 0.6) is 0 Å². The van der Waals surface area contributed by atoms with Crippen LogP contribution in [0.2, 0.25) is 0 Å². The first-order valence-corrected chi connectivity index (χ1v) is 6.56. The van der Waals surface area contributed by atoms with Gasteiger partial charge in [-0.3, -0.25) is 9.59 Å². The normalized spacial score (nSPS) is 16.3. The second-order valence-electron chi connectivity index (χ2n) is 4.23. The summed E-state index contributed by atoms with van der Waals surface area (Å²) in [4.78, 5) is 27.2. The molecule has 6 heteroatoms. The highest BCUT2D eigenvalue weighted by atomic mass is 32.1. The topological polar surface area (TPSA) is 71.1 Å². The molecule has 1 aromatic heterocycles. The van der Waals surface area contributed by atoms with Crippen molar-refractivity contribution < 1.29 is 9.59 Å². The van der Waals surface area contributed by atoms with Crippen LogP contribution in [0.3, 0.4) is 0 Å². The molecule has 0 aromatic carbocycles. The van der Waals surface area contributed by atoms with Gasteiger partial charge < -0.3 is 10.6 Å². The van der Waals surface area contributed by atoms with Crippen LogP contribution in [-0.4, -0.2) is 28.9 Å². The third-order valence-electron chi connectivity index (χ3n) is 2.52. The molecule has 0 aliphatic heterocycles. The molecule has 5 nitrogen and oxygen atoms in total. The lowest BCUT2D eigenvalue weighted by molar-refractivity contribution is -0.128. The summed E-state index contributed by atoms with van der Waals surface area (Å²) >= 11 is 1.45. The quantitative estimate of drug-likeness (QED) is 0.801. The molecule has 1 atom stereocenters. The Morgan fingerprint density at radius 3 is 2.94 bits per heavy atom. The van der Waals surface area contributed by atoms with Crippen LogP contribution in [0.15, 0.2) is 10.9 Å². The first-order chi connectivity index (χ1) is 8.15. The van der Waals surface area contributed by atoms with E-state index in [0.717, 1.165) is 18.5 Å². The maximum Gasteiger partial charge on any atom is 0.242 e. The molecule has 2 amide bonds. The van der Waals surface area contributed by atoms with Gasteiger partial charge in [-0.25, -0.2) is 4.98 Å². The molecule has 0 spiro atoms. The molecule has 17 heavy (non-hydrogen) atoms. The molecule has 1 aliphatic rings. The fourth-order valence-corrected chi connectivity index (χ4v) is 1.96. The number of aromatic nitrogens is 1. The van der Waals surface area contributed by atoms with Crippen LogP contribution in [0.4, 0.5) is 0 Å². The molecule has 92 valence electrons. The Labute approximate surface area is 104 Å². The van der Waals surface area contributed by atoms with Crippen molar-refractivity contribution in [2.75, 3.05) is 0 Å². The predicted molar refractivity (Wildman–Crippen MR) is 64.6 cm³/mol. The maximum absolute atomic E-state index is 11.6. The minimum absolute atomic E-state index is 0.112. The largest absolute Gasteiger partial charge is 0.352 e. The van der Waals surface area contributed by atoms with Crippen LogP contribution in [0.1, 0.15) is 25.5 Å². The zero-order chi connectivity index (χ0) is 12.3. The summed E-state index contributed by atoms with van der Waals surface area (Å²) in [7, 11) is 0. The van der Waals surface area contributed by atoms with Gasteiger partial charge in [0.15, 0.2) is 0 Å². The highest BCUT2D eigenvalue weighted by Crippen LogP contribution is 2.18. The van der Waals surface area contributed by atoms with Crippen molar-refractivity contribution in [1.82, 2.24) is 15.6 Å². The molecule has 2 rings (SSSR count). The van der Waals surface area contributed by atoms with E-state index < -0.39 is 6.04 Å². The van der Waals surface area contributed by atoms with E-state index in [1.54, 1.807) is 12.4 Å². The number of nitrogens with zero attached hydrogens (tertiary/aromatic N) is 1. The lowest BCUT2D eigenvalue weighted by Crippen LogP contribution is -2.45. The third-order valence-corrected chi connectivity index (χ3v) is 3.15. The highest BCUT2D eigenvalue weighted by molar-refractivity contribution is 7.07. The van der Waals surface area contributed by atoms with E-state index in [1.165, 1.54) is 11.3 Å². The lowest BCUT2D eigenvalue weighted by Gasteiger charge is -2.13. The molecular weight excluding hydrogens is 238 g/mol. The molecule has 1 saturated carbocycles. The van der Waals surface area contributed by atoms with Crippen LogP contribution in [0.25, 0.3) is 0 Å². The summed E-state index contributed by atoms with van der Waals surface area (Å²) in [5.74, 6) is -0.284. The van der Waals surface area contributed by atoms with Gasteiger partial charge in [-0.1, -0.05) is 0 Å². The Balaban J connectivity index is 1.75. The second kappa shape index (κ2) is 5.27. The Bertz CT molecular complexity index is 401. The van der Waals surface area contributed by atoms with Gasteiger partial charge in [0.1, 0.15) is 6.04 Å².